The number of ether oxygens (including phenoxy) is 1. The van der Waals surface area contributed by atoms with Crippen LogP contribution in [-0.2, 0) is 11.2 Å². The van der Waals surface area contributed by atoms with E-state index in [1.54, 1.807) is 18.2 Å². The molecule has 0 saturated heterocycles. The van der Waals surface area contributed by atoms with Gasteiger partial charge in [-0.15, -0.1) is 0 Å². The van der Waals surface area contributed by atoms with Crippen LogP contribution >= 0.6 is 22.6 Å². The first-order chi connectivity index (χ1) is 9.95. The van der Waals surface area contributed by atoms with Crippen molar-refractivity contribution in [1.82, 2.24) is 0 Å². The zero-order chi connectivity index (χ0) is 15.4. The minimum atomic E-state index is -0.786. The van der Waals surface area contributed by atoms with Gasteiger partial charge in [-0.25, -0.2) is 0 Å². The van der Waals surface area contributed by atoms with Crippen LogP contribution < -0.4 is 7.86 Å². The number of carbonyl (C=O) groups is 1. The Bertz CT molecular complexity index is 673. The summed E-state index contributed by atoms with van der Waals surface area (Å²) in [6.45, 7) is 0. The summed E-state index contributed by atoms with van der Waals surface area (Å²) in [6.07, 6.45) is 0.674. The Hall–Kier alpha value is -0.838. The number of halogens is 1. The van der Waals surface area contributed by atoms with Gasteiger partial charge in [-0.3, -0.25) is 0 Å². The van der Waals surface area contributed by atoms with E-state index in [0.29, 0.717) is 37.9 Å². The summed E-state index contributed by atoms with van der Waals surface area (Å²) in [5.74, 6) is 0.921. The van der Waals surface area contributed by atoms with Crippen LogP contribution in [-0.4, -0.2) is 41.9 Å². The maximum atomic E-state index is 10.6. The van der Waals surface area contributed by atoms with Crippen LogP contribution in [0.15, 0.2) is 36.4 Å². The SMILES string of the molecule is O=C(O)CCc1ccc(Oc2ccc(O)c(I)c2)[c]([Tl])c1. The molecule has 0 saturated carbocycles. The Morgan fingerprint density at radius 3 is 2.62 bits per heavy atom. The van der Waals surface area contributed by atoms with Crippen molar-refractivity contribution in [2.75, 3.05) is 0 Å². The summed E-state index contributed by atoms with van der Waals surface area (Å²) < 4.78 is 7.68. The number of carboxylic acids is 1. The molecule has 0 aliphatic heterocycles. The number of carboxylic acid groups (broad SMARTS) is 1. The van der Waals surface area contributed by atoms with Crippen molar-refractivity contribution in [3.8, 4) is 17.2 Å². The van der Waals surface area contributed by atoms with Crippen molar-refractivity contribution in [1.29, 1.82) is 0 Å². The fourth-order valence-corrected chi connectivity index (χ4v) is 3.70. The zero-order valence-electron chi connectivity index (χ0n) is 11.0. The molecule has 0 bridgehead atoms. The van der Waals surface area contributed by atoms with Crippen LogP contribution in [0.1, 0.15) is 12.0 Å². The maximum absolute atomic E-state index is 10.6. The standard InChI is InChI=1S/C15H12IO4.Tl/c16-13-9-12(6-7-14(13)17)20-11-4-1-10(2-5-11)3-8-15(18)19;/h1-2,4,6-7,9,17H,3,8H2,(H,18,19);. The van der Waals surface area contributed by atoms with Gasteiger partial charge in [0.15, 0.2) is 0 Å². The van der Waals surface area contributed by atoms with Gasteiger partial charge in [0, 0.05) is 0 Å². The molecule has 6 heteroatoms. The molecule has 0 amide bonds. The van der Waals surface area contributed by atoms with Crippen LogP contribution in [0.25, 0.3) is 0 Å². The number of rotatable bonds is 5. The first kappa shape index (κ1) is 16.5. The van der Waals surface area contributed by atoms with Crippen LogP contribution in [0.5, 0.6) is 17.2 Å². The molecule has 106 valence electrons. The second-order valence-electron chi connectivity index (χ2n) is 4.48. The fraction of sp³-hybridized carbons (Fsp3) is 0.133. The molecule has 2 rings (SSSR count). The second kappa shape index (κ2) is 7.43. The molecule has 0 aromatic heterocycles. The Kier molecular flexibility index (Phi) is 5.85. The summed E-state index contributed by atoms with van der Waals surface area (Å²) in [5.41, 5.74) is 1.02. The summed E-state index contributed by atoms with van der Waals surface area (Å²) in [6, 6.07) is 10.9. The predicted octanol–water partition coefficient (Wildman–Crippen LogP) is 2.60. The van der Waals surface area contributed by atoms with Crippen molar-refractivity contribution < 1.29 is 19.7 Å². The first-order valence-electron chi connectivity index (χ1n) is 6.22. The van der Waals surface area contributed by atoms with E-state index in [2.05, 4.69) is 0 Å². The molecule has 0 fully saturated rings. The van der Waals surface area contributed by atoms with E-state index in [0.717, 1.165) is 18.0 Å². The van der Waals surface area contributed by atoms with Gasteiger partial charge in [-0.05, 0) is 0 Å². The molecular weight excluding hydrogens is 575 g/mol. The summed E-state index contributed by atoms with van der Waals surface area (Å²) >= 11 is 2.64. The van der Waals surface area contributed by atoms with Crippen LogP contribution in [0.3, 0.4) is 0 Å². The Morgan fingerprint density at radius 1 is 1.24 bits per heavy atom. The zero-order valence-corrected chi connectivity index (χ0v) is 17.7. The Balaban J connectivity index is 2.13. The second-order valence-corrected chi connectivity index (χ2v) is 8.06. The van der Waals surface area contributed by atoms with Crippen LogP contribution in [0.2, 0.25) is 0 Å². The van der Waals surface area contributed by atoms with Gasteiger partial charge in [-0.2, -0.15) is 0 Å². The fourth-order valence-electron chi connectivity index (χ4n) is 1.78. The van der Waals surface area contributed by atoms with E-state index >= 15 is 0 Å². The Labute approximate surface area is 152 Å². The normalized spacial score (nSPS) is 10.3. The summed E-state index contributed by atoms with van der Waals surface area (Å²) in [4.78, 5) is 10.6. The van der Waals surface area contributed by atoms with E-state index in [4.69, 9.17) is 9.84 Å². The number of aliphatic carboxylic acids is 1. The molecule has 0 aliphatic rings. The van der Waals surface area contributed by atoms with Gasteiger partial charge >= 0.3 is 153 Å². The van der Waals surface area contributed by atoms with Crippen LogP contribution in [0.4, 0.5) is 0 Å². The van der Waals surface area contributed by atoms with E-state index in [-0.39, 0.29) is 12.2 Å². The first-order valence-corrected chi connectivity index (χ1v) is 9.54. The van der Waals surface area contributed by atoms with Crippen molar-refractivity contribution in [3.05, 3.63) is 45.5 Å². The molecule has 0 aliphatic carbocycles. The van der Waals surface area contributed by atoms with E-state index < -0.39 is 5.97 Å². The van der Waals surface area contributed by atoms with Crippen molar-refractivity contribution >= 4 is 57.5 Å². The number of aromatic hydroxyl groups is 1. The average molecular weight is 588 g/mol. The summed E-state index contributed by atoms with van der Waals surface area (Å²) in [7, 11) is 0. The molecule has 2 N–H and O–H groups in total. The topological polar surface area (TPSA) is 66.8 Å². The molecule has 0 heterocycles. The molecule has 0 radical (unpaired) electrons. The molecule has 2 aromatic carbocycles. The minimum absolute atomic E-state index is 0.139. The third kappa shape index (κ3) is 4.84. The Morgan fingerprint density at radius 2 is 2.00 bits per heavy atom. The number of hydrogen-bond acceptors (Lipinski definition) is 3. The predicted molar refractivity (Wildman–Crippen MR) is 88.7 cm³/mol. The van der Waals surface area contributed by atoms with Crippen LogP contribution in [0, 0.1) is 3.57 Å². The van der Waals surface area contributed by atoms with E-state index in [9.17, 15) is 9.90 Å². The molecule has 0 unspecified atom stereocenters. The monoisotopic (exact) mass is 588 g/mol. The third-order valence-corrected chi connectivity index (χ3v) is 5.47. The van der Waals surface area contributed by atoms with Gasteiger partial charge in [0.05, 0.1) is 0 Å². The molecule has 2 aromatic rings. The van der Waals surface area contributed by atoms with Gasteiger partial charge in [0.2, 0.25) is 0 Å². The number of phenolic OH excluding ortho intramolecular Hbond substituents is 1. The van der Waals surface area contributed by atoms with E-state index in [1.807, 2.05) is 40.8 Å². The molecule has 21 heavy (non-hydrogen) atoms. The molecule has 4 nitrogen and oxygen atoms in total. The quantitative estimate of drug-likeness (QED) is 0.417. The number of benzene rings is 2. The number of hydrogen-bond donors (Lipinski definition) is 2. The summed E-state index contributed by atoms with van der Waals surface area (Å²) in [5, 5.41) is 18.2. The molecular formula is C15H12IO4Tl. The number of phenols is 1. The van der Waals surface area contributed by atoms with Gasteiger partial charge in [0.1, 0.15) is 0 Å². The molecule has 0 spiro atoms. The van der Waals surface area contributed by atoms with Gasteiger partial charge < -0.3 is 0 Å². The van der Waals surface area contributed by atoms with Gasteiger partial charge in [-0.1, -0.05) is 0 Å². The van der Waals surface area contributed by atoms with E-state index in [1.165, 1.54) is 0 Å². The number of aryl methyl sites for hydroxylation is 1. The molecule has 0 atom stereocenters. The van der Waals surface area contributed by atoms with Crippen molar-refractivity contribution in [2.45, 2.75) is 12.8 Å². The average Bonchev–Trinajstić information content (AvgIpc) is 2.43. The third-order valence-electron chi connectivity index (χ3n) is 2.85. The van der Waals surface area contributed by atoms with Gasteiger partial charge in [0.25, 0.3) is 0 Å². The van der Waals surface area contributed by atoms with Crippen molar-refractivity contribution in [3.63, 3.8) is 0 Å². The van der Waals surface area contributed by atoms with Crippen molar-refractivity contribution in [2.24, 2.45) is 0 Å².